The molecule has 8 nitrogen and oxygen atoms in total. The molecule has 0 spiro atoms. The van der Waals surface area contributed by atoms with E-state index in [1.807, 2.05) is 6.92 Å². The first kappa shape index (κ1) is 16.4. The zero-order valence-corrected chi connectivity index (χ0v) is 13.3. The molecule has 22 heavy (non-hydrogen) atoms. The average molecular weight is 310 g/mol. The lowest BCUT2D eigenvalue weighted by molar-refractivity contribution is -0.385. The number of amides is 1. The van der Waals surface area contributed by atoms with Gasteiger partial charge in [-0.2, -0.15) is 5.10 Å². The third-order valence-electron chi connectivity index (χ3n) is 5.01. The van der Waals surface area contributed by atoms with Gasteiger partial charge in [0.15, 0.2) is 0 Å². The number of nitrogens with zero attached hydrogens (tertiary/aromatic N) is 3. The number of nitro groups is 1. The minimum absolute atomic E-state index is 0.0666. The molecule has 1 saturated carbocycles. The van der Waals surface area contributed by atoms with E-state index in [1.165, 1.54) is 17.1 Å². The zero-order chi connectivity index (χ0) is 16.5. The fourth-order valence-corrected chi connectivity index (χ4v) is 2.77. The van der Waals surface area contributed by atoms with Crippen LogP contribution in [0.25, 0.3) is 0 Å². The summed E-state index contributed by atoms with van der Waals surface area (Å²) in [4.78, 5) is 22.1. The van der Waals surface area contributed by atoms with Gasteiger partial charge in [-0.15, -0.1) is 0 Å². The number of carbonyl (C=O) groups excluding carboxylic acids is 1. The molecule has 0 radical (unpaired) electrons. The van der Waals surface area contributed by atoms with Gasteiger partial charge in [-0.3, -0.25) is 19.6 Å². The maximum absolute atomic E-state index is 12.0. The van der Waals surface area contributed by atoms with Crippen LogP contribution >= 0.6 is 0 Å². The fraction of sp³-hybridized carbons (Fsp3) is 0.714. The van der Waals surface area contributed by atoms with Crippen molar-refractivity contribution in [3.63, 3.8) is 0 Å². The summed E-state index contributed by atoms with van der Waals surface area (Å²) in [6.45, 7) is 6.50. The molecule has 0 saturated heterocycles. The van der Waals surface area contributed by atoms with Gasteiger partial charge >= 0.3 is 5.69 Å². The van der Waals surface area contributed by atoms with E-state index in [0.29, 0.717) is 6.54 Å². The maximum atomic E-state index is 12.0. The summed E-state index contributed by atoms with van der Waals surface area (Å²) in [7, 11) is 1.68. The van der Waals surface area contributed by atoms with Crippen molar-refractivity contribution in [2.24, 2.45) is 5.41 Å². The SMILES string of the molecule is CO[C@@]1(C)C[C@@H](NC(=O)CCn2cc([N+](=O)[O-])cn2)C1(C)C. The van der Waals surface area contributed by atoms with Crippen LogP contribution in [0, 0.1) is 15.5 Å². The fourth-order valence-electron chi connectivity index (χ4n) is 2.77. The predicted octanol–water partition coefficient (Wildman–Crippen LogP) is 1.50. The van der Waals surface area contributed by atoms with Crippen LogP contribution in [0.2, 0.25) is 0 Å². The van der Waals surface area contributed by atoms with Crippen molar-refractivity contribution in [1.82, 2.24) is 15.1 Å². The molecule has 2 rings (SSSR count). The largest absolute Gasteiger partial charge is 0.378 e. The van der Waals surface area contributed by atoms with Crippen molar-refractivity contribution >= 4 is 11.6 Å². The lowest BCUT2D eigenvalue weighted by Crippen LogP contribution is -2.68. The molecule has 2 atom stereocenters. The third-order valence-corrected chi connectivity index (χ3v) is 5.01. The summed E-state index contributed by atoms with van der Waals surface area (Å²) >= 11 is 0. The molecule has 1 aromatic rings. The molecule has 1 N–H and O–H groups in total. The summed E-state index contributed by atoms with van der Waals surface area (Å²) in [5, 5.41) is 17.4. The normalized spacial score (nSPS) is 26.3. The number of carbonyl (C=O) groups is 1. The van der Waals surface area contributed by atoms with Gasteiger partial charge < -0.3 is 10.1 Å². The van der Waals surface area contributed by atoms with Gasteiger partial charge in [0.25, 0.3) is 0 Å². The van der Waals surface area contributed by atoms with Gasteiger partial charge in [0.2, 0.25) is 5.91 Å². The Morgan fingerprint density at radius 1 is 1.59 bits per heavy atom. The van der Waals surface area contributed by atoms with Gasteiger partial charge in [0, 0.05) is 31.5 Å². The van der Waals surface area contributed by atoms with Crippen LogP contribution in [0.1, 0.15) is 33.6 Å². The van der Waals surface area contributed by atoms with E-state index >= 15 is 0 Å². The highest BCUT2D eigenvalue weighted by Gasteiger charge is 2.58. The Labute approximate surface area is 129 Å². The summed E-state index contributed by atoms with van der Waals surface area (Å²) in [6, 6.07) is 0.0666. The number of rotatable bonds is 6. The van der Waals surface area contributed by atoms with E-state index in [2.05, 4.69) is 24.3 Å². The number of aryl methyl sites for hydroxylation is 1. The monoisotopic (exact) mass is 310 g/mol. The molecular weight excluding hydrogens is 288 g/mol. The Hall–Kier alpha value is -1.96. The summed E-state index contributed by atoms with van der Waals surface area (Å²) < 4.78 is 6.93. The van der Waals surface area contributed by atoms with Crippen molar-refractivity contribution in [1.29, 1.82) is 0 Å². The van der Waals surface area contributed by atoms with Crippen LogP contribution in [-0.4, -0.2) is 39.4 Å². The second-order valence-corrected chi connectivity index (χ2v) is 6.45. The van der Waals surface area contributed by atoms with Crippen LogP contribution in [0.4, 0.5) is 5.69 Å². The number of hydrogen-bond acceptors (Lipinski definition) is 5. The zero-order valence-electron chi connectivity index (χ0n) is 13.3. The molecule has 122 valence electrons. The molecule has 0 unspecified atom stereocenters. The van der Waals surface area contributed by atoms with E-state index in [1.54, 1.807) is 7.11 Å². The van der Waals surface area contributed by atoms with Gasteiger partial charge in [0.05, 0.1) is 10.5 Å². The molecule has 1 aromatic heterocycles. The highest BCUT2D eigenvalue weighted by molar-refractivity contribution is 5.76. The van der Waals surface area contributed by atoms with Crippen molar-refractivity contribution in [3.8, 4) is 0 Å². The third kappa shape index (κ3) is 2.83. The average Bonchev–Trinajstić information content (AvgIpc) is 2.93. The Morgan fingerprint density at radius 3 is 2.77 bits per heavy atom. The van der Waals surface area contributed by atoms with E-state index < -0.39 is 4.92 Å². The lowest BCUT2D eigenvalue weighted by atomic mass is 9.56. The van der Waals surface area contributed by atoms with Gasteiger partial charge in [-0.05, 0) is 13.3 Å². The molecule has 0 bridgehead atoms. The highest BCUT2D eigenvalue weighted by Crippen LogP contribution is 2.51. The number of aromatic nitrogens is 2. The van der Waals surface area contributed by atoms with Crippen LogP contribution in [0.3, 0.4) is 0 Å². The summed E-state index contributed by atoms with van der Waals surface area (Å²) in [5.74, 6) is -0.0885. The first-order valence-corrected chi connectivity index (χ1v) is 7.21. The first-order valence-electron chi connectivity index (χ1n) is 7.21. The number of nitrogens with one attached hydrogen (secondary N) is 1. The van der Waals surface area contributed by atoms with Gasteiger partial charge in [-0.1, -0.05) is 13.8 Å². The topological polar surface area (TPSA) is 99.3 Å². The number of ether oxygens (including phenoxy) is 1. The summed E-state index contributed by atoms with van der Waals surface area (Å²) in [5.41, 5.74) is -0.438. The van der Waals surface area contributed by atoms with Crippen LogP contribution in [0.15, 0.2) is 12.4 Å². The molecule has 1 amide bonds. The molecule has 1 heterocycles. The van der Waals surface area contributed by atoms with Crippen molar-refractivity contribution in [2.45, 2.75) is 51.8 Å². The van der Waals surface area contributed by atoms with Crippen molar-refractivity contribution < 1.29 is 14.5 Å². The second-order valence-electron chi connectivity index (χ2n) is 6.45. The second kappa shape index (κ2) is 5.68. The first-order chi connectivity index (χ1) is 10.2. The smallest absolute Gasteiger partial charge is 0.306 e. The Morgan fingerprint density at radius 2 is 2.27 bits per heavy atom. The number of hydrogen-bond donors (Lipinski definition) is 1. The quantitative estimate of drug-likeness (QED) is 0.634. The van der Waals surface area contributed by atoms with Gasteiger partial charge in [-0.25, -0.2) is 0 Å². The minimum Gasteiger partial charge on any atom is -0.378 e. The Bertz CT molecular complexity index is 583. The van der Waals surface area contributed by atoms with Crippen LogP contribution < -0.4 is 5.32 Å². The van der Waals surface area contributed by atoms with Crippen LogP contribution in [-0.2, 0) is 16.1 Å². The van der Waals surface area contributed by atoms with E-state index in [-0.39, 0.29) is 35.1 Å². The molecule has 1 aliphatic rings. The molecule has 1 aliphatic carbocycles. The van der Waals surface area contributed by atoms with E-state index in [0.717, 1.165) is 6.42 Å². The van der Waals surface area contributed by atoms with E-state index in [9.17, 15) is 14.9 Å². The number of methoxy groups -OCH3 is 1. The van der Waals surface area contributed by atoms with Gasteiger partial charge in [0.1, 0.15) is 12.4 Å². The maximum Gasteiger partial charge on any atom is 0.306 e. The standard InChI is InChI=1S/C14H22N4O4/c1-13(2)11(7-14(13,3)22-4)16-12(19)5-6-17-9-10(8-15-17)18(20)21/h8-9,11H,5-7H2,1-4H3,(H,16,19)/t11-,14+/m1/s1. The lowest BCUT2D eigenvalue weighted by Gasteiger charge is -2.59. The summed E-state index contributed by atoms with van der Waals surface area (Å²) in [6.07, 6.45) is 3.50. The van der Waals surface area contributed by atoms with Crippen LogP contribution in [0.5, 0.6) is 0 Å². The molecule has 1 fully saturated rings. The predicted molar refractivity (Wildman–Crippen MR) is 79.2 cm³/mol. The highest BCUT2D eigenvalue weighted by atomic mass is 16.6. The minimum atomic E-state index is -0.508. The Kier molecular flexibility index (Phi) is 4.23. The molecule has 0 aromatic carbocycles. The Balaban J connectivity index is 1.83. The molecule has 8 heteroatoms. The van der Waals surface area contributed by atoms with E-state index in [4.69, 9.17) is 4.74 Å². The van der Waals surface area contributed by atoms with Crippen molar-refractivity contribution in [2.75, 3.05) is 7.11 Å². The molecular formula is C14H22N4O4. The van der Waals surface area contributed by atoms with Crippen molar-refractivity contribution in [3.05, 3.63) is 22.5 Å². The molecule has 0 aliphatic heterocycles.